The molecule has 0 heterocycles. The Morgan fingerprint density at radius 3 is 1.79 bits per heavy atom. The predicted octanol–water partition coefficient (Wildman–Crippen LogP) is 8.67. The molecule has 212 valence electrons. The van der Waals surface area contributed by atoms with Crippen molar-refractivity contribution in [2.45, 2.75) is 128 Å². The van der Waals surface area contributed by atoms with E-state index in [1.807, 2.05) is 18.2 Å². The summed E-state index contributed by atoms with van der Waals surface area (Å²) in [5.74, 6) is 7.56. The van der Waals surface area contributed by atoms with E-state index < -0.39 is 0 Å². The summed E-state index contributed by atoms with van der Waals surface area (Å²) in [6.45, 7) is 0. The molecule has 7 atom stereocenters. The highest BCUT2D eigenvalue weighted by Crippen LogP contribution is 2.56. The van der Waals surface area contributed by atoms with Gasteiger partial charge >= 0.3 is 0 Å². The first-order valence-corrected chi connectivity index (χ1v) is 16.7. The fourth-order valence-corrected chi connectivity index (χ4v) is 10.1. The largest absolute Gasteiger partial charge is 0.295 e. The molecule has 39 heavy (non-hydrogen) atoms. The molecule has 0 radical (unpaired) electrons. The molecular formula is C36H50O3. The fourth-order valence-electron chi connectivity index (χ4n) is 10.1. The summed E-state index contributed by atoms with van der Waals surface area (Å²) in [5.41, 5.74) is 4.42. The van der Waals surface area contributed by atoms with Crippen LogP contribution in [-0.4, -0.2) is 17.3 Å². The van der Waals surface area contributed by atoms with Crippen molar-refractivity contribution in [1.29, 1.82) is 0 Å². The number of carbonyl (C=O) groups is 3. The van der Waals surface area contributed by atoms with E-state index in [9.17, 15) is 14.4 Å². The van der Waals surface area contributed by atoms with E-state index in [1.54, 1.807) is 0 Å². The topological polar surface area (TPSA) is 51.2 Å². The molecule has 0 aliphatic heterocycles. The van der Waals surface area contributed by atoms with Gasteiger partial charge in [0.05, 0.1) is 0 Å². The number of rotatable bonds is 0. The zero-order valence-corrected chi connectivity index (χ0v) is 24.1. The Hall–Kier alpha value is -1.77. The summed E-state index contributed by atoms with van der Waals surface area (Å²) in [4.78, 5) is 33.6. The highest BCUT2D eigenvalue weighted by atomic mass is 16.1. The molecule has 0 N–H and O–H groups in total. The Kier molecular flexibility index (Phi) is 8.71. The molecule has 7 unspecified atom stereocenters. The summed E-state index contributed by atoms with van der Waals surface area (Å²) in [5, 5.41) is 0. The summed E-state index contributed by atoms with van der Waals surface area (Å²) >= 11 is 0. The number of ketones is 3. The molecule has 0 aromatic heterocycles. The van der Waals surface area contributed by atoms with Gasteiger partial charge in [0, 0.05) is 19.3 Å². The van der Waals surface area contributed by atoms with Gasteiger partial charge in [0.15, 0.2) is 17.3 Å². The molecule has 8 aliphatic rings. The summed E-state index contributed by atoms with van der Waals surface area (Å²) < 4.78 is 0. The van der Waals surface area contributed by atoms with Gasteiger partial charge in [-0.3, -0.25) is 14.4 Å². The molecule has 8 aliphatic carbocycles. The average Bonchev–Trinajstić information content (AvgIpc) is 3.63. The van der Waals surface area contributed by atoms with Crippen LogP contribution in [0, 0.1) is 41.4 Å². The highest BCUT2D eigenvalue weighted by molar-refractivity contribution is 5.92. The summed E-state index contributed by atoms with van der Waals surface area (Å²) in [7, 11) is 0. The van der Waals surface area contributed by atoms with Gasteiger partial charge in [-0.25, -0.2) is 0 Å². The normalized spacial score (nSPS) is 38.6. The Balaban J connectivity index is 0.000000114. The molecule has 0 spiro atoms. The minimum Gasteiger partial charge on any atom is -0.295 e. The van der Waals surface area contributed by atoms with Crippen LogP contribution in [0.3, 0.4) is 0 Å². The molecule has 0 bridgehead atoms. The first-order valence-electron chi connectivity index (χ1n) is 16.7. The zero-order valence-electron chi connectivity index (χ0n) is 24.1. The SMILES string of the molecule is O=C1C=C2CCC3C4CCCC4CCC3C2CC1.O=C1C=C2CCCC2CC1.O=C1C=C2CCCCC2CC1. The molecule has 5 fully saturated rings. The molecule has 3 heteroatoms. The first kappa shape index (κ1) is 27.4. The number of carbonyl (C=O) groups excluding carboxylic acids is 3. The second kappa shape index (κ2) is 12.4. The van der Waals surface area contributed by atoms with Crippen LogP contribution in [0.15, 0.2) is 34.9 Å². The maximum absolute atomic E-state index is 11.6. The Bertz CT molecular complexity index is 1040. The highest BCUT2D eigenvalue weighted by Gasteiger charge is 2.47. The lowest BCUT2D eigenvalue weighted by Gasteiger charge is -2.49. The van der Waals surface area contributed by atoms with Crippen molar-refractivity contribution < 1.29 is 14.4 Å². The maximum Gasteiger partial charge on any atom is 0.155 e. The van der Waals surface area contributed by atoms with E-state index in [4.69, 9.17) is 0 Å². The lowest BCUT2D eigenvalue weighted by atomic mass is 9.56. The third kappa shape index (κ3) is 6.28. The van der Waals surface area contributed by atoms with Gasteiger partial charge in [0.1, 0.15) is 0 Å². The van der Waals surface area contributed by atoms with Gasteiger partial charge in [-0.15, -0.1) is 0 Å². The van der Waals surface area contributed by atoms with Crippen LogP contribution in [0.5, 0.6) is 0 Å². The van der Waals surface area contributed by atoms with E-state index in [0.29, 0.717) is 17.3 Å². The van der Waals surface area contributed by atoms with Crippen molar-refractivity contribution in [3.8, 4) is 0 Å². The number of allylic oxidation sites excluding steroid dienone is 5. The van der Waals surface area contributed by atoms with E-state index >= 15 is 0 Å². The molecular weight excluding hydrogens is 480 g/mol. The third-order valence-corrected chi connectivity index (χ3v) is 12.0. The molecule has 0 aromatic carbocycles. The fraction of sp³-hybridized carbons (Fsp3) is 0.750. The molecule has 5 saturated carbocycles. The van der Waals surface area contributed by atoms with Gasteiger partial charge in [-0.1, -0.05) is 36.0 Å². The van der Waals surface area contributed by atoms with Crippen LogP contribution >= 0.6 is 0 Å². The zero-order chi connectivity index (χ0) is 26.8. The van der Waals surface area contributed by atoms with Crippen LogP contribution in [0.25, 0.3) is 0 Å². The summed E-state index contributed by atoms with van der Waals surface area (Å²) in [6, 6.07) is 0. The quantitative estimate of drug-likeness (QED) is 0.315. The van der Waals surface area contributed by atoms with Crippen LogP contribution in [0.4, 0.5) is 0 Å². The third-order valence-electron chi connectivity index (χ3n) is 12.0. The van der Waals surface area contributed by atoms with Crippen LogP contribution in [0.2, 0.25) is 0 Å². The number of hydrogen-bond donors (Lipinski definition) is 0. The van der Waals surface area contributed by atoms with Gasteiger partial charge in [-0.2, -0.15) is 0 Å². The minimum absolute atomic E-state index is 0.355. The number of hydrogen-bond acceptors (Lipinski definition) is 3. The molecule has 0 amide bonds. The van der Waals surface area contributed by atoms with Crippen LogP contribution in [0.1, 0.15) is 128 Å². The Morgan fingerprint density at radius 1 is 0.410 bits per heavy atom. The maximum atomic E-state index is 11.6. The summed E-state index contributed by atoms with van der Waals surface area (Å²) in [6.07, 6.45) is 30.8. The standard InChI is InChI=1S/C17H24O.C10H14O.C9H12O/c18-13-6-9-15-12(10-13)5-8-16-14-3-1-2-11(14)4-7-17(15)16;11-10-6-5-8-3-1-2-4-9(8)7-10;10-9-5-4-7-2-1-3-8(7)6-9/h10-11,14-17H,1-9H2;7-8H,1-6H2;6-7H,1-5H2. The van der Waals surface area contributed by atoms with Crippen LogP contribution < -0.4 is 0 Å². The van der Waals surface area contributed by atoms with Gasteiger partial charge < -0.3 is 0 Å². The lowest BCUT2D eigenvalue weighted by molar-refractivity contribution is -0.116. The monoisotopic (exact) mass is 530 g/mol. The van der Waals surface area contributed by atoms with Gasteiger partial charge in [0.25, 0.3) is 0 Å². The lowest BCUT2D eigenvalue weighted by Crippen LogP contribution is -2.40. The van der Waals surface area contributed by atoms with E-state index in [0.717, 1.165) is 73.5 Å². The van der Waals surface area contributed by atoms with Crippen LogP contribution in [-0.2, 0) is 14.4 Å². The minimum atomic E-state index is 0.355. The van der Waals surface area contributed by atoms with Crippen molar-refractivity contribution in [1.82, 2.24) is 0 Å². The van der Waals surface area contributed by atoms with Gasteiger partial charge in [-0.05, 0) is 150 Å². The molecule has 0 saturated heterocycles. The van der Waals surface area contributed by atoms with Gasteiger partial charge in [0.2, 0.25) is 0 Å². The smallest absolute Gasteiger partial charge is 0.155 e. The molecule has 8 rings (SSSR count). The van der Waals surface area contributed by atoms with E-state index in [2.05, 4.69) is 0 Å². The Labute approximate surface area is 236 Å². The predicted molar refractivity (Wildman–Crippen MR) is 156 cm³/mol. The van der Waals surface area contributed by atoms with Crippen molar-refractivity contribution in [2.75, 3.05) is 0 Å². The average molecular weight is 531 g/mol. The molecule has 3 nitrogen and oxygen atoms in total. The molecule has 0 aromatic rings. The number of fused-ring (bicyclic) bond motifs is 7. The first-order chi connectivity index (χ1) is 19.0. The van der Waals surface area contributed by atoms with E-state index in [-0.39, 0.29) is 0 Å². The van der Waals surface area contributed by atoms with Crippen molar-refractivity contribution in [3.05, 3.63) is 34.9 Å². The van der Waals surface area contributed by atoms with Crippen molar-refractivity contribution >= 4 is 17.3 Å². The second-order valence-corrected chi connectivity index (χ2v) is 14.1. The van der Waals surface area contributed by atoms with E-state index in [1.165, 1.54) is 113 Å². The Morgan fingerprint density at radius 2 is 1.05 bits per heavy atom. The van der Waals surface area contributed by atoms with Crippen molar-refractivity contribution in [2.24, 2.45) is 41.4 Å². The second-order valence-electron chi connectivity index (χ2n) is 14.1. The van der Waals surface area contributed by atoms with Crippen molar-refractivity contribution in [3.63, 3.8) is 0 Å².